The Morgan fingerprint density at radius 1 is 1.29 bits per heavy atom. The van der Waals surface area contributed by atoms with Gasteiger partial charge in [-0.1, -0.05) is 6.07 Å². The molecule has 0 fully saturated rings. The van der Waals surface area contributed by atoms with Gasteiger partial charge in [-0.2, -0.15) is 0 Å². The molecule has 3 nitrogen and oxygen atoms in total. The molecule has 2 N–H and O–H groups in total. The van der Waals surface area contributed by atoms with Crippen molar-refractivity contribution in [1.82, 2.24) is 15.3 Å². The van der Waals surface area contributed by atoms with Crippen LogP contribution in [0.5, 0.6) is 0 Å². The summed E-state index contributed by atoms with van der Waals surface area (Å²) in [6, 6.07) is 4.32. The number of benzene rings is 1. The van der Waals surface area contributed by atoms with Crippen LogP contribution in [0, 0.1) is 0 Å². The van der Waals surface area contributed by atoms with E-state index in [1.807, 2.05) is 0 Å². The lowest BCUT2D eigenvalue weighted by atomic mass is 10.00. The number of rotatable bonds is 0. The molecule has 0 aliphatic carbocycles. The number of imidazole rings is 1. The average molecular weight is 210 g/mol. The van der Waals surface area contributed by atoms with E-state index in [0.717, 1.165) is 30.5 Å². The number of aromatic nitrogens is 2. The summed E-state index contributed by atoms with van der Waals surface area (Å²) in [5, 5.41) is 3.37. The monoisotopic (exact) mass is 209 g/mol. The number of hydrogen-bond donors (Lipinski definition) is 2. The van der Waals surface area contributed by atoms with Crippen molar-refractivity contribution >= 4 is 23.4 Å². The van der Waals surface area contributed by atoms with Gasteiger partial charge < -0.3 is 10.3 Å². The van der Waals surface area contributed by atoms with Gasteiger partial charge in [0.1, 0.15) is 0 Å². The van der Waals surface area contributed by atoms with Crippen LogP contribution in [0.3, 0.4) is 0 Å². The van der Waals surface area contributed by atoms with Gasteiger partial charge in [0, 0.05) is 6.54 Å². The van der Waals surface area contributed by atoms with Gasteiger partial charge in [-0.3, -0.25) is 0 Å². The lowest BCUT2D eigenvalue weighted by Gasteiger charge is -2.16. The summed E-state index contributed by atoms with van der Waals surface area (Å²) in [6.07, 6.45) is 2.89. The second-order valence-corrected chi connectivity index (χ2v) is 3.43. The van der Waals surface area contributed by atoms with E-state index in [2.05, 4.69) is 27.4 Å². The van der Waals surface area contributed by atoms with E-state index in [1.54, 1.807) is 6.33 Å². The Bertz CT molecular complexity index is 450. The minimum absolute atomic E-state index is 0. The van der Waals surface area contributed by atoms with Crippen LogP contribution < -0.4 is 5.32 Å². The maximum Gasteiger partial charge on any atom is 0.0932 e. The van der Waals surface area contributed by atoms with E-state index < -0.39 is 0 Å². The molecule has 3 rings (SSSR count). The van der Waals surface area contributed by atoms with Crippen molar-refractivity contribution < 1.29 is 0 Å². The van der Waals surface area contributed by atoms with E-state index in [9.17, 15) is 0 Å². The Hall–Kier alpha value is -1.06. The minimum atomic E-state index is 0. The number of nitrogens with zero attached hydrogens (tertiary/aromatic N) is 1. The number of aromatic amines is 1. The summed E-state index contributed by atoms with van der Waals surface area (Å²) in [5.41, 5.74) is 5.08. The highest BCUT2D eigenvalue weighted by Crippen LogP contribution is 2.21. The van der Waals surface area contributed by atoms with E-state index in [1.165, 1.54) is 11.1 Å². The summed E-state index contributed by atoms with van der Waals surface area (Å²) in [6.45, 7) is 2.04. The topological polar surface area (TPSA) is 40.7 Å². The van der Waals surface area contributed by atoms with Crippen molar-refractivity contribution in [1.29, 1.82) is 0 Å². The number of H-pyrrole nitrogens is 1. The normalized spacial score (nSPS) is 14.9. The summed E-state index contributed by atoms with van der Waals surface area (Å²) in [5.74, 6) is 0. The summed E-state index contributed by atoms with van der Waals surface area (Å²) < 4.78 is 0. The Morgan fingerprint density at radius 3 is 3.14 bits per heavy atom. The first-order valence-corrected chi connectivity index (χ1v) is 4.60. The predicted octanol–water partition coefficient (Wildman–Crippen LogP) is 1.63. The highest BCUT2D eigenvalue weighted by atomic mass is 35.5. The Balaban J connectivity index is 0.000000750. The van der Waals surface area contributed by atoms with Crippen molar-refractivity contribution in [3.05, 3.63) is 29.6 Å². The van der Waals surface area contributed by atoms with Gasteiger partial charge in [-0.15, -0.1) is 12.4 Å². The highest BCUT2D eigenvalue weighted by Gasteiger charge is 2.12. The third-order valence-electron chi connectivity index (χ3n) is 2.67. The maximum atomic E-state index is 4.34. The van der Waals surface area contributed by atoms with Crippen LogP contribution in [0.25, 0.3) is 11.0 Å². The lowest BCUT2D eigenvalue weighted by molar-refractivity contribution is 0.647. The third kappa shape index (κ3) is 1.29. The minimum Gasteiger partial charge on any atom is -0.345 e. The van der Waals surface area contributed by atoms with Crippen LogP contribution in [0.2, 0.25) is 0 Å². The summed E-state index contributed by atoms with van der Waals surface area (Å²) in [7, 11) is 0. The summed E-state index contributed by atoms with van der Waals surface area (Å²) >= 11 is 0. The maximum absolute atomic E-state index is 4.34. The van der Waals surface area contributed by atoms with Gasteiger partial charge >= 0.3 is 0 Å². The van der Waals surface area contributed by atoms with E-state index in [4.69, 9.17) is 0 Å². The van der Waals surface area contributed by atoms with Crippen molar-refractivity contribution in [2.45, 2.75) is 13.0 Å². The number of nitrogens with one attached hydrogen (secondary N) is 2. The molecule has 0 unspecified atom stereocenters. The zero-order valence-corrected chi connectivity index (χ0v) is 8.53. The lowest BCUT2D eigenvalue weighted by Crippen LogP contribution is -2.23. The molecule has 1 aromatic carbocycles. The van der Waals surface area contributed by atoms with Gasteiger partial charge in [0.05, 0.1) is 17.4 Å². The molecule has 1 aliphatic heterocycles. The molecule has 2 aromatic rings. The molecule has 0 saturated carbocycles. The number of hydrogen-bond acceptors (Lipinski definition) is 2. The van der Waals surface area contributed by atoms with Crippen LogP contribution in [0.4, 0.5) is 0 Å². The van der Waals surface area contributed by atoms with Gasteiger partial charge in [0.25, 0.3) is 0 Å². The zero-order valence-electron chi connectivity index (χ0n) is 7.71. The quantitative estimate of drug-likeness (QED) is 0.693. The van der Waals surface area contributed by atoms with E-state index in [0.29, 0.717) is 0 Å². The number of fused-ring (bicyclic) bond motifs is 3. The van der Waals surface area contributed by atoms with Crippen molar-refractivity contribution in [2.24, 2.45) is 0 Å². The van der Waals surface area contributed by atoms with Crippen LogP contribution >= 0.6 is 12.4 Å². The molecule has 74 valence electrons. The molecule has 14 heavy (non-hydrogen) atoms. The van der Waals surface area contributed by atoms with E-state index in [-0.39, 0.29) is 12.4 Å². The van der Waals surface area contributed by atoms with Gasteiger partial charge in [-0.25, -0.2) is 4.98 Å². The van der Waals surface area contributed by atoms with E-state index >= 15 is 0 Å². The molecule has 0 atom stereocenters. The van der Waals surface area contributed by atoms with Crippen molar-refractivity contribution in [3.63, 3.8) is 0 Å². The van der Waals surface area contributed by atoms with Gasteiger partial charge in [0.2, 0.25) is 0 Å². The largest absolute Gasteiger partial charge is 0.345 e. The second kappa shape index (κ2) is 3.59. The Morgan fingerprint density at radius 2 is 2.21 bits per heavy atom. The van der Waals surface area contributed by atoms with Crippen LogP contribution in [-0.4, -0.2) is 16.5 Å². The fraction of sp³-hybridized carbons (Fsp3) is 0.300. The average Bonchev–Trinajstić information content (AvgIpc) is 2.65. The van der Waals surface area contributed by atoms with Crippen molar-refractivity contribution in [3.8, 4) is 0 Å². The standard InChI is InChI=1S/C10H11N3.ClH/c1-2-9-10(13-6-12-9)8-5-11-4-3-7(1)8;/h1-2,6,11H,3-5H2,(H,12,13);1H. The molecule has 0 bridgehead atoms. The number of halogens is 1. The third-order valence-corrected chi connectivity index (χ3v) is 2.67. The molecule has 0 saturated heterocycles. The van der Waals surface area contributed by atoms with Crippen LogP contribution in [-0.2, 0) is 13.0 Å². The molecular weight excluding hydrogens is 198 g/mol. The summed E-state index contributed by atoms with van der Waals surface area (Å²) in [4.78, 5) is 7.47. The molecule has 1 aliphatic rings. The van der Waals surface area contributed by atoms with Crippen LogP contribution in [0.1, 0.15) is 11.1 Å². The van der Waals surface area contributed by atoms with Crippen molar-refractivity contribution in [2.75, 3.05) is 6.54 Å². The molecule has 2 heterocycles. The fourth-order valence-electron chi connectivity index (χ4n) is 1.98. The SMILES string of the molecule is Cl.c1nc2c3c(ccc2[nH]1)CCNC3. The molecule has 4 heteroatoms. The smallest absolute Gasteiger partial charge is 0.0932 e. The Labute approximate surface area is 88.3 Å². The first-order chi connectivity index (χ1) is 6.45. The molecule has 0 spiro atoms. The molecule has 1 aromatic heterocycles. The second-order valence-electron chi connectivity index (χ2n) is 3.43. The van der Waals surface area contributed by atoms with Crippen LogP contribution in [0.15, 0.2) is 18.5 Å². The predicted molar refractivity (Wildman–Crippen MR) is 58.8 cm³/mol. The van der Waals surface area contributed by atoms with Gasteiger partial charge in [-0.05, 0) is 30.2 Å². The first kappa shape index (κ1) is 9.49. The highest BCUT2D eigenvalue weighted by molar-refractivity contribution is 5.85. The molecule has 0 radical (unpaired) electrons. The zero-order chi connectivity index (χ0) is 8.67. The fourth-order valence-corrected chi connectivity index (χ4v) is 1.98. The van der Waals surface area contributed by atoms with Gasteiger partial charge in [0.15, 0.2) is 0 Å². The Kier molecular flexibility index (Phi) is 2.44. The molecular formula is C10H12ClN3. The molecule has 0 amide bonds. The first-order valence-electron chi connectivity index (χ1n) is 4.60.